The van der Waals surface area contributed by atoms with Crippen molar-refractivity contribution in [3.8, 4) is 0 Å². The number of nitrogens with one attached hydrogen (secondary N) is 1. The third kappa shape index (κ3) is 11.1. The van der Waals surface area contributed by atoms with Crippen LogP contribution >= 0.6 is 0 Å². The smallest absolute Gasteiger partial charge is 0.234 e. The Bertz CT molecular complexity index is 3940. The lowest BCUT2D eigenvalue weighted by atomic mass is 9.11. The van der Waals surface area contributed by atoms with E-state index in [0.29, 0.717) is 50.3 Å². The molecular formula is C61H38BF28N. The fourth-order valence-electron chi connectivity index (χ4n) is 11.6. The molecule has 1 atom stereocenters. The quantitative estimate of drug-likeness (QED) is 0.0287. The zero-order valence-electron chi connectivity index (χ0n) is 46.1. The Kier molecular flexibility index (Phi) is 19.4. The van der Waals surface area contributed by atoms with Gasteiger partial charge < -0.3 is 0 Å². The average Bonchev–Trinajstić information content (AvgIpc) is 0.671. The molecule has 0 saturated carbocycles. The third-order valence-corrected chi connectivity index (χ3v) is 15.7. The maximum atomic E-state index is 17.3. The predicted octanol–water partition coefficient (Wildman–Crippen LogP) is 17.4. The molecule has 9 aromatic carbocycles. The molecule has 486 valence electrons. The Morgan fingerprint density at radius 1 is 0.319 bits per heavy atom. The van der Waals surface area contributed by atoms with Crippen molar-refractivity contribution >= 4 is 76.8 Å². The number of rotatable bonds is 18. The monoisotopic (exact) mass is 1330 g/mol. The van der Waals surface area contributed by atoms with Gasteiger partial charge in [-0.2, -0.15) is 17.6 Å². The molecule has 1 N–H and O–H groups in total. The van der Waals surface area contributed by atoms with E-state index >= 15 is 70.2 Å². The summed E-state index contributed by atoms with van der Waals surface area (Å²) in [6, 6.07) is -4.31. The lowest BCUT2D eigenvalue weighted by molar-refractivity contribution is -0.949. The number of fused-ring (bicyclic) bond motifs is 4. The fraction of sp³-hybridized carbons (Fsp3) is 0.246. The van der Waals surface area contributed by atoms with E-state index in [4.69, 9.17) is 0 Å². The number of alkyl halides is 6. The number of benzene rings is 9. The van der Waals surface area contributed by atoms with Crippen LogP contribution in [0.4, 0.5) is 129 Å². The molecule has 1 nitrogen and oxygen atoms in total. The minimum Gasteiger partial charge on any atom is -0.234 e. The van der Waals surface area contributed by atoms with Crippen molar-refractivity contribution in [3.05, 3.63) is 195 Å². The summed E-state index contributed by atoms with van der Waals surface area (Å²) in [6.45, 7) is 2.88. The first-order valence-corrected chi connectivity index (χ1v) is 26.9. The SMILES string of the molecule is CCCCCC[NH+](c1cc(F)ccc1F)C(F)(F)C(F)(F)C(F)(F)CCCCCC.Fc1ccc2c([B-](c3c(F)c(F)c(F)c4c(F)c(F)ccc34)(c3c(F)c(F)c(F)c4c(F)c(F)ccc34)c3c(F)c(F)c(F)c4c(F)c(F)ccc34)c(F)c(F)c(F)c2c1F. The molecule has 9 aromatic rings. The molecule has 0 heterocycles. The van der Waals surface area contributed by atoms with Gasteiger partial charge in [-0.05, 0) is 77.2 Å². The second kappa shape index (κ2) is 25.6. The van der Waals surface area contributed by atoms with Crippen molar-refractivity contribution in [3.63, 3.8) is 0 Å². The van der Waals surface area contributed by atoms with Gasteiger partial charge in [0.15, 0.2) is 105 Å². The van der Waals surface area contributed by atoms with Gasteiger partial charge in [-0.15, -0.1) is 30.6 Å². The summed E-state index contributed by atoms with van der Waals surface area (Å²) in [6.07, 6.45) is -5.00. The van der Waals surface area contributed by atoms with E-state index in [1.807, 2.05) is 6.92 Å². The van der Waals surface area contributed by atoms with Gasteiger partial charge >= 0.3 is 17.9 Å². The minimum atomic E-state index is -6.29. The fourth-order valence-corrected chi connectivity index (χ4v) is 11.6. The van der Waals surface area contributed by atoms with Crippen LogP contribution < -0.4 is 26.8 Å². The van der Waals surface area contributed by atoms with Crippen molar-refractivity contribution in [2.24, 2.45) is 0 Å². The second-order valence-corrected chi connectivity index (χ2v) is 21.0. The Morgan fingerprint density at radius 2 is 0.615 bits per heavy atom. The molecule has 30 heteroatoms. The number of unbranched alkanes of at least 4 members (excludes halogenated alkanes) is 6. The van der Waals surface area contributed by atoms with Crippen molar-refractivity contribution in [1.82, 2.24) is 0 Å². The highest BCUT2D eigenvalue weighted by molar-refractivity contribution is 7.23. The normalized spacial score (nSPS) is 12.9. The first-order valence-electron chi connectivity index (χ1n) is 26.9. The van der Waals surface area contributed by atoms with Gasteiger partial charge in [0, 0.05) is 12.5 Å². The average molecular weight is 1330 g/mol. The van der Waals surface area contributed by atoms with E-state index in [1.54, 1.807) is 6.92 Å². The molecule has 0 bridgehead atoms. The Hall–Kier alpha value is -7.92. The molecule has 0 aliphatic rings. The molecule has 1 unspecified atom stereocenters. The largest absolute Gasteiger partial charge is 0.464 e. The van der Waals surface area contributed by atoms with Crippen LogP contribution in [0.25, 0.3) is 43.1 Å². The van der Waals surface area contributed by atoms with Crippen LogP contribution in [0, 0.1) is 128 Å². The Labute approximate surface area is 494 Å². The highest BCUT2D eigenvalue weighted by Gasteiger charge is 2.77. The summed E-state index contributed by atoms with van der Waals surface area (Å²) in [5.74, 6) is -68.0. The molecule has 0 saturated heterocycles. The predicted molar refractivity (Wildman–Crippen MR) is 279 cm³/mol. The Morgan fingerprint density at radius 3 is 0.923 bits per heavy atom. The third-order valence-electron chi connectivity index (χ3n) is 15.7. The van der Waals surface area contributed by atoms with Gasteiger partial charge in [0.1, 0.15) is 35.2 Å². The summed E-state index contributed by atoms with van der Waals surface area (Å²) in [5.41, 5.74) is -10.8. The van der Waals surface area contributed by atoms with Crippen molar-refractivity contribution < 1.29 is 128 Å². The molecular weight excluding hydrogens is 1290 g/mol. The van der Waals surface area contributed by atoms with Gasteiger partial charge in [-0.3, -0.25) is 0 Å². The van der Waals surface area contributed by atoms with E-state index in [1.165, 1.54) is 0 Å². The van der Waals surface area contributed by atoms with Gasteiger partial charge in [-0.25, -0.2) is 101 Å². The highest BCUT2D eigenvalue weighted by atomic mass is 19.3. The lowest BCUT2D eigenvalue weighted by Crippen LogP contribution is -3.17. The second-order valence-electron chi connectivity index (χ2n) is 21.0. The Balaban J connectivity index is 0.000000300. The number of hydrogen-bond donors (Lipinski definition) is 1. The number of halogens is 28. The topological polar surface area (TPSA) is 4.44 Å². The first-order chi connectivity index (χ1) is 42.6. The van der Waals surface area contributed by atoms with Crippen LogP contribution in [0.15, 0.2) is 66.7 Å². The van der Waals surface area contributed by atoms with E-state index < -0.39 is 241 Å². The van der Waals surface area contributed by atoms with E-state index in [2.05, 4.69) is 0 Å². The molecule has 0 aliphatic heterocycles. The standard InChI is InChI=1S/C40H8BF20.C21H29F8N/c42-13-5-1-9-17(25(13)46)29(50)37(58)33(54)21(9)41(22-10-2-6-14(43)26(47)18(10)30(51)38(59)34(22)55,23-11-3-7-15(44)27(48)19(11)31(52)39(60)35(23)56)24-12-4-8-16(45)28(49)20(12)32(53)40(61)36(24)57;1-3-5-7-9-13-19(24,25)20(26,27)21(28,29)30(14-10-8-6-4-2)18-15-16(22)11-12-17(18)23/h1-8H;11-12,15H,3-10,13-14H2,1-2H3/q-1;/p+1. The van der Waals surface area contributed by atoms with Crippen molar-refractivity contribution in [1.29, 1.82) is 0 Å². The zero-order valence-corrected chi connectivity index (χ0v) is 46.1. The van der Waals surface area contributed by atoms with Crippen LogP contribution in [0.5, 0.6) is 0 Å². The van der Waals surface area contributed by atoms with E-state index in [0.717, 1.165) is 0 Å². The van der Waals surface area contributed by atoms with Crippen molar-refractivity contribution in [2.45, 2.75) is 89.5 Å². The molecule has 0 radical (unpaired) electrons. The summed E-state index contributed by atoms with van der Waals surface area (Å²) in [5, 5.41) is -16.2. The van der Waals surface area contributed by atoms with Gasteiger partial charge in [0.05, 0.1) is 28.1 Å². The lowest BCUT2D eigenvalue weighted by Gasteiger charge is -2.47. The van der Waals surface area contributed by atoms with Crippen LogP contribution in [0.2, 0.25) is 0 Å². The summed E-state index contributed by atoms with van der Waals surface area (Å²) < 4.78 is 433. The van der Waals surface area contributed by atoms with E-state index in [9.17, 15) is 52.7 Å². The van der Waals surface area contributed by atoms with Crippen LogP contribution in [0.1, 0.15) is 71.6 Å². The summed E-state index contributed by atoms with van der Waals surface area (Å²) in [4.78, 5) is -1.49. The molecule has 0 amide bonds. The maximum absolute atomic E-state index is 17.3. The first kappa shape index (κ1) is 69.0. The van der Waals surface area contributed by atoms with Crippen LogP contribution in [0.3, 0.4) is 0 Å². The minimum absolute atomic E-state index is 0.0220. The molecule has 0 aliphatic carbocycles. The molecule has 91 heavy (non-hydrogen) atoms. The number of quaternary nitrogens is 1. The van der Waals surface area contributed by atoms with Crippen molar-refractivity contribution in [2.75, 3.05) is 6.54 Å². The molecule has 9 rings (SSSR count). The molecule has 0 fully saturated rings. The number of hydrogen-bond acceptors (Lipinski definition) is 0. The van der Waals surface area contributed by atoms with Gasteiger partial charge in [0.25, 0.3) is 0 Å². The highest BCUT2D eigenvalue weighted by Crippen LogP contribution is 2.47. The van der Waals surface area contributed by atoms with Gasteiger partial charge in [-0.1, -0.05) is 70.2 Å². The summed E-state index contributed by atoms with van der Waals surface area (Å²) in [7, 11) is 0. The maximum Gasteiger partial charge on any atom is 0.464 e. The molecule has 0 aromatic heterocycles. The zero-order chi connectivity index (χ0) is 67.6. The summed E-state index contributed by atoms with van der Waals surface area (Å²) >= 11 is 0. The molecule has 0 spiro atoms. The van der Waals surface area contributed by atoms with E-state index in [-0.39, 0.29) is 67.8 Å². The van der Waals surface area contributed by atoms with Crippen LogP contribution in [-0.4, -0.2) is 30.6 Å². The van der Waals surface area contributed by atoms with Gasteiger partial charge in [0.2, 0.25) is 0 Å². The van der Waals surface area contributed by atoms with Crippen LogP contribution in [-0.2, 0) is 0 Å².